The van der Waals surface area contributed by atoms with E-state index in [9.17, 15) is 0 Å². The SMILES string of the molecule is C=CCCCc1cccc(CC(c2ccc(OC)cc2)c2cn(C)c(N)n2)c1. The molecule has 0 saturated heterocycles. The number of allylic oxidation sites excluding steroid dienone is 1. The molecule has 0 amide bonds. The molecule has 1 atom stereocenters. The van der Waals surface area contributed by atoms with E-state index in [1.807, 2.05) is 36.0 Å². The molecule has 2 aromatic carbocycles. The van der Waals surface area contributed by atoms with Crippen LogP contribution in [0.5, 0.6) is 5.75 Å². The summed E-state index contributed by atoms with van der Waals surface area (Å²) in [5.41, 5.74) is 10.9. The van der Waals surface area contributed by atoms with Gasteiger partial charge in [0, 0.05) is 19.2 Å². The van der Waals surface area contributed by atoms with Gasteiger partial charge in [-0.2, -0.15) is 0 Å². The molecular weight excluding hydrogens is 346 g/mol. The van der Waals surface area contributed by atoms with Crippen molar-refractivity contribution in [2.24, 2.45) is 7.05 Å². The van der Waals surface area contributed by atoms with E-state index < -0.39 is 0 Å². The Balaban J connectivity index is 1.88. The molecule has 0 fully saturated rings. The number of methoxy groups -OCH3 is 1. The summed E-state index contributed by atoms with van der Waals surface area (Å²) in [6.45, 7) is 3.81. The first-order chi connectivity index (χ1) is 13.6. The first-order valence-corrected chi connectivity index (χ1v) is 9.72. The van der Waals surface area contributed by atoms with Crippen molar-refractivity contribution in [2.45, 2.75) is 31.6 Å². The molecule has 0 aliphatic heterocycles. The van der Waals surface area contributed by atoms with Gasteiger partial charge in [-0.3, -0.25) is 0 Å². The number of aromatic nitrogens is 2. The summed E-state index contributed by atoms with van der Waals surface area (Å²) in [4.78, 5) is 4.61. The van der Waals surface area contributed by atoms with E-state index in [2.05, 4.69) is 48.0 Å². The van der Waals surface area contributed by atoms with Crippen LogP contribution in [-0.4, -0.2) is 16.7 Å². The summed E-state index contributed by atoms with van der Waals surface area (Å²) in [5, 5.41) is 0. The molecule has 0 radical (unpaired) electrons. The Labute approximate surface area is 167 Å². The van der Waals surface area contributed by atoms with E-state index in [1.54, 1.807) is 7.11 Å². The molecule has 0 spiro atoms. The number of hydrogen-bond acceptors (Lipinski definition) is 3. The lowest BCUT2D eigenvalue weighted by Crippen LogP contribution is -2.06. The van der Waals surface area contributed by atoms with E-state index in [0.717, 1.165) is 37.1 Å². The van der Waals surface area contributed by atoms with E-state index >= 15 is 0 Å². The molecule has 0 aliphatic carbocycles. The van der Waals surface area contributed by atoms with Gasteiger partial charge in [-0.1, -0.05) is 42.5 Å². The van der Waals surface area contributed by atoms with Crippen LogP contribution in [0, 0.1) is 0 Å². The van der Waals surface area contributed by atoms with Crippen molar-refractivity contribution in [1.29, 1.82) is 0 Å². The van der Waals surface area contributed by atoms with Crippen LogP contribution in [0.4, 0.5) is 5.95 Å². The van der Waals surface area contributed by atoms with Gasteiger partial charge < -0.3 is 15.0 Å². The average molecular weight is 376 g/mol. The lowest BCUT2D eigenvalue weighted by atomic mass is 9.88. The van der Waals surface area contributed by atoms with Crippen molar-refractivity contribution < 1.29 is 4.74 Å². The largest absolute Gasteiger partial charge is 0.497 e. The summed E-state index contributed by atoms with van der Waals surface area (Å²) in [6.07, 6.45) is 8.13. The average Bonchev–Trinajstić information content (AvgIpc) is 3.05. The van der Waals surface area contributed by atoms with Gasteiger partial charge >= 0.3 is 0 Å². The Kier molecular flexibility index (Phi) is 6.53. The minimum atomic E-state index is 0.137. The van der Waals surface area contributed by atoms with Crippen LogP contribution < -0.4 is 10.5 Å². The molecule has 3 aromatic rings. The standard InChI is InChI=1S/C24H29N3O/c1-4-5-6-8-18-9-7-10-19(15-18)16-22(23-17-27(2)24(25)26-23)20-11-13-21(28-3)14-12-20/h4,7,9-15,17,22H,1,5-6,8,16H2,2-3H3,(H2,25,26). The molecule has 1 heterocycles. The number of hydrogen-bond donors (Lipinski definition) is 1. The smallest absolute Gasteiger partial charge is 0.200 e. The molecule has 1 aromatic heterocycles. The first kappa shape index (κ1) is 19.7. The molecule has 4 nitrogen and oxygen atoms in total. The number of nitrogens with two attached hydrogens (primary N) is 1. The Hall–Kier alpha value is -3.01. The topological polar surface area (TPSA) is 53.1 Å². The zero-order chi connectivity index (χ0) is 19.9. The fraction of sp³-hybridized carbons (Fsp3) is 0.292. The van der Waals surface area contributed by atoms with Gasteiger partial charge in [0.2, 0.25) is 0 Å². The minimum absolute atomic E-state index is 0.137. The number of unbranched alkanes of at least 4 members (excludes halogenated alkanes) is 1. The number of ether oxygens (including phenoxy) is 1. The van der Waals surface area contributed by atoms with Crippen LogP contribution >= 0.6 is 0 Å². The second kappa shape index (κ2) is 9.27. The van der Waals surface area contributed by atoms with E-state index in [0.29, 0.717) is 5.95 Å². The van der Waals surface area contributed by atoms with E-state index in [4.69, 9.17) is 10.5 Å². The summed E-state index contributed by atoms with van der Waals surface area (Å²) in [6, 6.07) is 17.1. The molecule has 2 N–H and O–H groups in total. The normalized spacial score (nSPS) is 11.9. The third kappa shape index (κ3) is 4.83. The van der Waals surface area contributed by atoms with Gasteiger partial charge in [0.05, 0.1) is 12.8 Å². The number of benzene rings is 2. The molecular formula is C24H29N3O. The number of imidazole rings is 1. The molecule has 0 saturated carbocycles. The predicted molar refractivity (Wildman–Crippen MR) is 116 cm³/mol. The highest BCUT2D eigenvalue weighted by atomic mass is 16.5. The van der Waals surface area contributed by atoms with Crippen LogP contribution in [0.15, 0.2) is 67.4 Å². The van der Waals surface area contributed by atoms with Crippen molar-refractivity contribution in [3.05, 3.63) is 89.8 Å². The first-order valence-electron chi connectivity index (χ1n) is 9.72. The van der Waals surface area contributed by atoms with Gasteiger partial charge in [-0.15, -0.1) is 6.58 Å². The summed E-state index contributed by atoms with van der Waals surface area (Å²) < 4.78 is 7.18. The van der Waals surface area contributed by atoms with E-state index in [1.165, 1.54) is 16.7 Å². The summed E-state index contributed by atoms with van der Waals surface area (Å²) in [7, 11) is 3.61. The third-order valence-corrected chi connectivity index (χ3v) is 5.11. The number of anilines is 1. The van der Waals surface area contributed by atoms with Gasteiger partial charge in [0.15, 0.2) is 5.95 Å². The van der Waals surface area contributed by atoms with Gasteiger partial charge in [-0.05, 0) is 54.5 Å². The Morgan fingerprint density at radius 1 is 1.18 bits per heavy atom. The van der Waals surface area contributed by atoms with E-state index in [-0.39, 0.29) is 5.92 Å². The van der Waals surface area contributed by atoms with Crippen molar-refractivity contribution in [2.75, 3.05) is 12.8 Å². The molecule has 0 aliphatic rings. The van der Waals surface area contributed by atoms with Crippen LogP contribution in [-0.2, 0) is 19.9 Å². The number of aryl methyl sites for hydroxylation is 2. The summed E-state index contributed by atoms with van der Waals surface area (Å²) >= 11 is 0. The number of rotatable bonds is 9. The van der Waals surface area contributed by atoms with Crippen LogP contribution in [0.3, 0.4) is 0 Å². The van der Waals surface area contributed by atoms with Gasteiger partial charge in [0.1, 0.15) is 5.75 Å². The lowest BCUT2D eigenvalue weighted by molar-refractivity contribution is 0.414. The Morgan fingerprint density at radius 3 is 2.57 bits per heavy atom. The fourth-order valence-electron chi connectivity index (χ4n) is 3.50. The van der Waals surface area contributed by atoms with Crippen molar-refractivity contribution in [1.82, 2.24) is 9.55 Å². The molecule has 3 rings (SSSR count). The van der Waals surface area contributed by atoms with Gasteiger partial charge in [0.25, 0.3) is 0 Å². The molecule has 28 heavy (non-hydrogen) atoms. The maximum absolute atomic E-state index is 6.01. The lowest BCUT2D eigenvalue weighted by Gasteiger charge is -2.17. The predicted octanol–water partition coefficient (Wildman–Crippen LogP) is 4.89. The second-order valence-corrected chi connectivity index (χ2v) is 7.17. The fourth-order valence-corrected chi connectivity index (χ4v) is 3.50. The zero-order valence-electron chi connectivity index (χ0n) is 16.8. The van der Waals surface area contributed by atoms with Crippen LogP contribution in [0.1, 0.15) is 41.1 Å². The van der Waals surface area contributed by atoms with Crippen molar-refractivity contribution in [3.8, 4) is 5.75 Å². The maximum atomic E-state index is 6.01. The third-order valence-electron chi connectivity index (χ3n) is 5.11. The quantitative estimate of drug-likeness (QED) is 0.428. The maximum Gasteiger partial charge on any atom is 0.200 e. The van der Waals surface area contributed by atoms with Crippen molar-refractivity contribution in [3.63, 3.8) is 0 Å². The molecule has 4 heteroatoms. The Morgan fingerprint density at radius 2 is 1.93 bits per heavy atom. The monoisotopic (exact) mass is 375 g/mol. The zero-order valence-corrected chi connectivity index (χ0v) is 16.8. The van der Waals surface area contributed by atoms with Crippen LogP contribution in [0.25, 0.3) is 0 Å². The highest BCUT2D eigenvalue weighted by molar-refractivity contribution is 5.38. The molecule has 0 bridgehead atoms. The van der Waals surface area contributed by atoms with Gasteiger partial charge in [-0.25, -0.2) is 4.98 Å². The van der Waals surface area contributed by atoms with Crippen molar-refractivity contribution >= 4 is 5.95 Å². The molecule has 146 valence electrons. The highest BCUT2D eigenvalue weighted by Crippen LogP contribution is 2.30. The Bertz CT molecular complexity index is 892. The second-order valence-electron chi connectivity index (χ2n) is 7.17. The number of nitrogens with zero attached hydrogens (tertiary/aromatic N) is 2. The minimum Gasteiger partial charge on any atom is -0.497 e. The van der Waals surface area contributed by atoms with Crippen LogP contribution in [0.2, 0.25) is 0 Å². The highest BCUT2D eigenvalue weighted by Gasteiger charge is 2.19. The molecule has 1 unspecified atom stereocenters. The summed E-state index contributed by atoms with van der Waals surface area (Å²) in [5.74, 6) is 1.52. The number of nitrogen functional groups attached to an aromatic ring is 1.